The maximum atomic E-state index is 11.6. The van der Waals surface area contributed by atoms with Crippen molar-refractivity contribution < 1.29 is 9.53 Å². The van der Waals surface area contributed by atoms with E-state index < -0.39 is 0 Å². The van der Waals surface area contributed by atoms with Crippen LogP contribution in [0.15, 0.2) is 18.2 Å². The highest BCUT2D eigenvalue weighted by molar-refractivity contribution is 6.33. The van der Waals surface area contributed by atoms with Crippen LogP contribution in [-0.4, -0.2) is 32.0 Å². The minimum absolute atomic E-state index is 0.131. The average molecular weight is 214 g/mol. The van der Waals surface area contributed by atoms with Crippen LogP contribution in [0.2, 0.25) is 5.02 Å². The van der Waals surface area contributed by atoms with Crippen LogP contribution in [0, 0.1) is 0 Å². The number of nitrogens with zero attached hydrogens (tertiary/aromatic N) is 1. The molecule has 0 saturated carbocycles. The first kappa shape index (κ1) is 10.9. The lowest BCUT2D eigenvalue weighted by atomic mass is 10.2. The SMILES string of the molecule is COc1ccc(Cl)c(C(=O)N(C)C)c1. The maximum Gasteiger partial charge on any atom is 0.254 e. The molecule has 0 unspecified atom stereocenters. The average Bonchev–Trinajstić information content (AvgIpc) is 2.17. The number of rotatable bonds is 2. The third-order valence-corrected chi connectivity index (χ3v) is 2.14. The predicted molar refractivity (Wildman–Crippen MR) is 56.0 cm³/mol. The van der Waals surface area contributed by atoms with Crippen molar-refractivity contribution in [3.63, 3.8) is 0 Å². The van der Waals surface area contributed by atoms with Crippen LogP contribution in [0.4, 0.5) is 0 Å². The Morgan fingerprint density at radius 3 is 2.57 bits per heavy atom. The van der Waals surface area contributed by atoms with Crippen molar-refractivity contribution in [1.29, 1.82) is 0 Å². The van der Waals surface area contributed by atoms with Crippen molar-refractivity contribution in [2.45, 2.75) is 0 Å². The van der Waals surface area contributed by atoms with Crippen molar-refractivity contribution in [2.75, 3.05) is 21.2 Å². The maximum absolute atomic E-state index is 11.6. The monoisotopic (exact) mass is 213 g/mol. The number of methoxy groups -OCH3 is 1. The second kappa shape index (κ2) is 4.33. The summed E-state index contributed by atoms with van der Waals surface area (Å²) in [7, 11) is 4.91. The van der Waals surface area contributed by atoms with Crippen LogP contribution in [-0.2, 0) is 0 Å². The van der Waals surface area contributed by atoms with E-state index in [-0.39, 0.29) is 5.91 Å². The zero-order valence-corrected chi connectivity index (χ0v) is 9.13. The third-order valence-electron chi connectivity index (χ3n) is 1.81. The number of carbonyl (C=O) groups excluding carboxylic acids is 1. The fourth-order valence-electron chi connectivity index (χ4n) is 1.04. The van der Waals surface area contributed by atoms with Gasteiger partial charge in [0.1, 0.15) is 5.75 Å². The number of carbonyl (C=O) groups is 1. The third kappa shape index (κ3) is 2.17. The van der Waals surface area contributed by atoms with Gasteiger partial charge in [0.25, 0.3) is 5.91 Å². The van der Waals surface area contributed by atoms with Gasteiger partial charge in [0.2, 0.25) is 0 Å². The van der Waals surface area contributed by atoms with Crippen LogP contribution in [0.1, 0.15) is 10.4 Å². The van der Waals surface area contributed by atoms with Gasteiger partial charge in [-0.25, -0.2) is 0 Å². The molecule has 0 atom stereocenters. The van der Waals surface area contributed by atoms with Gasteiger partial charge >= 0.3 is 0 Å². The zero-order chi connectivity index (χ0) is 10.7. The molecule has 0 spiro atoms. The van der Waals surface area contributed by atoms with Gasteiger partial charge in [-0.15, -0.1) is 0 Å². The van der Waals surface area contributed by atoms with Gasteiger partial charge in [0.15, 0.2) is 0 Å². The molecule has 0 aliphatic carbocycles. The van der Waals surface area contributed by atoms with E-state index in [9.17, 15) is 4.79 Å². The Morgan fingerprint density at radius 1 is 1.43 bits per heavy atom. The Hall–Kier alpha value is -1.22. The van der Waals surface area contributed by atoms with Gasteiger partial charge in [0, 0.05) is 14.1 Å². The van der Waals surface area contributed by atoms with Crippen LogP contribution in [0.3, 0.4) is 0 Å². The van der Waals surface area contributed by atoms with Crippen LogP contribution in [0.5, 0.6) is 5.75 Å². The predicted octanol–water partition coefficient (Wildman–Crippen LogP) is 2.05. The van der Waals surface area contributed by atoms with Gasteiger partial charge in [-0.3, -0.25) is 4.79 Å². The second-order valence-electron chi connectivity index (χ2n) is 3.05. The zero-order valence-electron chi connectivity index (χ0n) is 8.37. The normalized spacial score (nSPS) is 9.71. The van der Waals surface area contributed by atoms with E-state index >= 15 is 0 Å². The van der Waals surface area contributed by atoms with Crippen molar-refractivity contribution in [3.8, 4) is 5.75 Å². The standard InChI is InChI=1S/C10H12ClNO2/c1-12(2)10(13)8-6-7(14-3)4-5-9(8)11/h4-6H,1-3H3. The number of amides is 1. The molecule has 1 amide bonds. The molecular weight excluding hydrogens is 202 g/mol. The van der Waals surface area contributed by atoms with Crippen LogP contribution < -0.4 is 4.74 Å². The van der Waals surface area contributed by atoms with Gasteiger partial charge in [-0.05, 0) is 18.2 Å². The van der Waals surface area contributed by atoms with E-state index in [4.69, 9.17) is 16.3 Å². The number of hydrogen-bond acceptors (Lipinski definition) is 2. The first-order chi connectivity index (χ1) is 6.56. The topological polar surface area (TPSA) is 29.5 Å². The van der Waals surface area contributed by atoms with E-state index in [1.165, 1.54) is 4.90 Å². The van der Waals surface area contributed by atoms with Gasteiger partial charge in [0.05, 0.1) is 17.7 Å². The summed E-state index contributed by atoms with van der Waals surface area (Å²) in [6, 6.07) is 5.00. The molecule has 0 aromatic heterocycles. The fourth-order valence-corrected chi connectivity index (χ4v) is 1.23. The summed E-state index contributed by atoms with van der Waals surface area (Å²) < 4.78 is 5.01. The molecule has 1 rings (SSSR count). The molecule has 0 aliphatic rings. The number of ether oxygens (including phenoxy) is 1. The summed E-state index contributed by atoms with van der Waals surface area (Å²) >= 11 is 5.89. The molecule has 0 bridgehead atoms. The smallest absolute Gasteiger partial charge is 0.254 e. The molecule has 1 aromatic carbocycles. The number of halogens is 1. The van der Waals surface area contributed by atoms with E-state index in [2.05, 4.69) is 0 Å². The molecule has 3 nitrogen and oxygen atoms in total. The van der Waals surface area contributed by atoms with Crippen LogP contribution in [0.25, 0.3) is 0 Å². The summed E-state index contributed by atoms with van der Waals surface area (Å²) in [5.41, 5.74) is 0.455. The minimum Gasteiger partial charge on any atom is -0.497 e. The quantitative estimate of drug-likeness (QED) is 0.753. The molecule has 4 heteroatoms. The van der Waals surface area contributed by atoms with Crippen molar-refractivity contribution >= 4 is 17.5 Å². The molecule has 0 fully saturated rings. The molecule has 1 aromatic rings. The Kier molecular flexibility index (Phi) is 3.36. The fraction of sp³-hybridized carbons (Fsp3) is 0.300. The van der Waals surface area contributed by atoms with Crippen LogP contribution >= 0.6 is 11.6 Å². The van der Waals surface area contributed by atoms with Gasteiger partial charge in [-0.2, -0.15) is 0 Å². The summed E-state index contributed by atoms with van der Waals surface area (Å²) in [5.74, 6) is 0.494. The van der Waals surface area contributed by atoms with E-state index in [0.29, 0.717) is 16.3 Å². The van der Waals surface area contributed by atoms with E-state index in [0.717, 1.165) is 0 Å². The number of hydrogen-bond donors (Lipinski definition) is 0. The van der Waals surface area contributed by atoms with E-state index in [1.54, 1.807) is 39.4 Å². The molecular formula is C10H12ClNO2. The Bertz CT molecular complexity index is 350. The highest BCUT2D eigenvalue weighted by Gasteiger charge is 2.12. The first-order valence-corrected chi connectivity index (χ1v) is 4.49. The molecule has 0 radical (unpaired) electrons. The van der Waals surface area contributed by atoms with Crippen molar-refractivity contribution in [3.05, 3.63) is 28.8 Å². The highest BCUT2D eigenvalue weighted by Crippen LogP contribution is 2.22. The summed E-state index contributed by atoms with van der Waals surface area (Å²) in [6.07, 6.45) is 0. The first-order valence-electron chi connectivity index (χ1n) is 4.11. The lowest BCUT2D eigenvalue weighted by Gasteiger charge is -2.12. The molecule has 76 valence electrons. The molecule has 0 saturated heterocycles. The Labute approximate surface area is 88.2 Å². The largest absolute Gasteiger partial charge is 0.497 e. The second-order valence-corrected chi connectivity index (χ2v) is 3.45. The molecule has 0 aliphatic heterocycles. The Balaban J connectivity index is 3.12. The minimum atomic E-state index is -0.131. The molecule has 0 heterocycles. The van der Waals surface area contributed by atoms with Gasteiger partial charge < -0.3 is 9.64 Å². The highest BCUT2D eigenvalue weighted by atomic mass is 35.5. The van der Waals surface area contributed by atoms with Crippen molar-refractivity contribution in [1.82, 2.24) is 4.90 Å². The Morgan fingerprint density at radius 2 is 2.07 bits per heavy atom. The number of benzene rings is 1. The molecule has 14 heavy (non-hydrogen) atoms. The summed E-state index contributed by atoms with van der Waals surface area (Å²) in [4.78, 5) is 13.1. The van der Waals surface area contributed by atoms with Gasteiger partial charge in [-0.1, -0.05) is 11.6 Å². The lowest BCUT2D eigenvalue weighted by Crippen LogP contribution is -2.21. The summed E-state index contributed by atoms with van der Waals surface area (Å²) in [5, 5.41) is 0.435. The summed E-state index contributed by atoms with van der Waals surface area (Å²) in [6.45, 7) is 0. The van der Waals surface area contributed by atoms with Crippen molar-refractivity contribution in [2.24, 2.45) is 0 Å². The van der Waals surface area contributed by atoms with E-state index in [1.807, 2.05) is 0 Å². The lowest BCUT2D eigenvalue weighted by molar-refractivity contribution is 0.0827. The molecule has 0 N–H and O–H groups in total.